The Kier molecular flexibility index (Phi) is 6.32. The SMILES string of the molecule is O=C(NO)C1CN(C(=O)c2ccc(F)cc2)CCN1S(=O)(=O)c1ccc(Br)cc1. The Bertz CT molecular complexity index is 1010. The molecule has 1 heterocycles. The first-order valence-corrected chi connectivity index (χ1v) is 10.7. The number of carbonyl (C=O) groups excluding carboxylic acids is 2. The molecule has 8 nitrogen and oxygen atoms in total. The van der Waals surface area contributed by atoms with E-state index in [1.54, 1.807) is 12.1 Å². The smallest absolute Gasteiger partial charge is 0.263 e. The first-order chi connectivity index (χ1) is 13.7. The molecule has 0 aliphatic carbocycles. The molecule has 2 aromatic carbocycles. The molecule has 3 rings (SSSR count). The van der Waals surface area contributed by atoms with Crippen molar-refractivity contribution < 1.29 is 27.6 Å². The van der Waals surface area contributed by atoms with Crippen LogP contribution in [0.4, 0.5) is 4.39 Å². The Labute approximate surface area is 175 Å². The standard InChI is InChI=1S/C18H17BrFN3O5S/c19-13-3-7-15(8-4-13)29(27,28)23-10-9-22(11-16(23)17(24)21-26)18(25)12-1-5-14(20)6-2-12/h1-8,16,26H,9-11H2,(H,21,24). The normalized spacial score (nSPS) is 17.8. The summed E-state index contributed by atoms with van der Waals surface area (Å²) in [7, 11) is -4.05. The van der Waals surface area contributed by atoms with E-state index in [1.165, 1.54) is 34.6 Å². The molecule has 0 bridgehead atoms. The van der Waals surface area contributed by atoms with E-state index in [0.29, 0.717) is 4.47 Å². The van der Waals surface area contributed by atoms with Crippen LogP contribution in [-0.2, 0) is 14.8 Å². The van der Waals surface area contributed by atoms with Gasteiger partial charge in [-0.2, -0.15) is 4.31 Å². The third-order valence-corrected chi connectivity index (χ3v) is 6.99. The van der Waals surface area contributed by atoms with Crippen LogP contribution in [0, 0.1) is 5.82 Å². The van der Waals surface area contributed by atoms with Crippen LogP contribution >= 0.6 is 15.9 Å². The van der Waals surface area contributed by atoms with Crippen LogP contribution in [0.15, 0.2) is 57.9 Å². The van der Waals surface area contributed by atoms with Crippen molar-refractivity contribution in [3.8, 4) is 0 Å². The van der Waals surface area contributed by atoms with Gasteiger partial charge in [0.2, 0.25) is 10.0 Å². The number of sulfonamides is 1. The highest BCUT2D eigenvalue weighted by Crippen LogP contribution is 2.24. The molecule has 0 aromatic heterocycles. The zero-order valence-corrected chi connectivity index (χ0v) is 17.4. The Morgan fingerprint density at radius 1 is 1.07 bits per heavy atom. The third-order valence-electron chi connectivity index (χ3n) is 4.54. The first kappa shape index (κ1) is 21.4. The monoisotopic (exact) mass is 485 g/mol. The van der Waals surface area contributed by atoms with E-state index in [-0.39, 0.29) is 30.1 Å². The Morgan fingerprint density at radius 2 is 1.69 bits per heavy atom. The van der Waals surface area contributed by atoms with E-state index in [2.05, 4.69) is 15.9 Å². The largest absolute Gasteiger partial charge is 0.335 e. The van der Waals surface area contributed by atoms with Crippen LogP contribution in [-0.4, -0.2) is 60.3 Å². The van der Waals surface area contributed by atoms with Gasteiger partial charge in [0.1, 0.15) is 11.9 Å². The van der Waals surface area contributed by atoms with Gasteiger partial charge in [0.15, 0.2) is 0 Å². The molecule has 1 unspecified atom stereocenters. The van der Waals surface area contributed by atoms with Crippen molar-refractivity contribution in [3.05, 3.63) is 64.4 Å². The summed E-state index contributed by atoms with van der Waals surface area (Å²) in [6.07, 6.45) is 0. The van der Waals surface area contributed by atoms with Crippen molar-refractivity contribution in [2.75, 3.05) is 19.6 Å². The summed E-state index contributed by atoms with van der Waals surface area (Å²) in [6.45, 7) is -0.386. The van der Waals surface area contributed by atoms with Crippen LogP contribution in [0.3, 0.4) is 0 Å². The number of amides is 2. The minimum atomic E-state index is -4.05. The van der Waals surface area contributed by atoms with Gasteiger partial charge in [-0.05, 0) is 48.5 Å². The highest BCUT2D eigenvalue weighted by molar-refractivity contribution is 9.10. The summed E-state index contributed by atoms with van der Waals surface area (Å²) in [6, 6.07) is 9.47. The molecule has 1 aliphatic heterocycles. The van der Waals surface area contributed by atoms with E-state index < -0.39 is 33.7 Å². The molecule has 11 heteroatoms. The molecule has 1 atom stereocenters. The first-order valence-electron chi connectivity index (χ1n) is 8.50. The van der Waals surface area contributed by atoms with E-state index in [4.69, 9.17) is 5.21 Å². The highest BCUT2D eigenvalue weighted by Gasteiger charge is 2.41. The highest BCUT2D eigenvalue weighted by atomic mass is 79.9. The maximum Gasteiger partial charge on any atom is 0.263 e. The summed E-state index contributed by atoms with van der Waals surface area (Å²) in [5, 5.41) is 9.08. The minimum Gasteiger partial charge on any atom is -0.335 e. The van der Waals surface area contributed by atoms with E-state index in [1.807, 2.05) is 0 Å². The fourth-order valence-corrected chi connectivity index (χ4v) is 4.88. The molecule has 0 radical (unpaired) electrons. The lowest BCUT2D eigenvalue weighted by molar-refractivity contribution is -0.134. The van der Waals surface area contributed by atoms with Crippen molar-refractivity contribution in [1.29, 1.82) is 0 Å². The molecule has 1 saturated heterocycles. The van der Waals surface area contributed by atoms with Crippen molar-refractivity contribution in [3.63, 3.8) is 0 Å². The average Bonchev–Trinajstić information content (AvgIpc) is 2.73. The number of piperazine rings is 1. The molecule has 2 amide bonds. The van der Waals surface area contributed by atoms with Crippen LogP contribution in [0.2, 0.25) is 0 Å². The van der Waals surface area contributed by atoms with E-state index >= 15 is 0 Å². The molecular weight excluding hydrogens is 469 g/mol. The predicted octanol–water partition coefficient (Wildman–Crippen LogP) is 1.61. The number of hydrogen-bond donors (Lipinski definition) is 2. The second-order valence-corrected chi connectivity index (χ2v) is 9.13. The quantitative estimate of drug-likeness (QED) is 0.505. The Morgan fingerprint density at radius 3 is 2.28 bits per heavy atom. The maximum atomic E-state index is 13.1. The average molecular weight is 486 g/mol. The fourth-order valence-electron chi connectivity index (χ4n) is 3.04. The summed E-state index contributed by atoms with van der Waals surface area (Å²) in [5.41, 5.74) is 1.67. The van der Waals surface area contributed by atoms with Crippen molar-refractivity contribution in [1.82, 2.24) is 14.7 Å². The van der Waals surface area contributed by atoms with Gasteiger partial charge in [-0.3, -0.25) is 14.8 Å². The van der Waals surface area contributed by atoms with Crippen molar-refractivity contribution in [2.45, 2.75) is 10.9 Å². The number of halogens is 2. The van der Waals surface area contributed by atoms with Crippen LogP contribution in [0.25, 0.3) is 0 Å². The van der Waals surface area contributed by atoms with Crippen molar-refractivity contribution in [2.24, 2.45) is 0 Å². The number of nitrogens with zero attached hydrogens (tertiary/aromatic N) is 2. The minimum absolute atomic E-state index is 0.0187. The van der Waals surface area contributed by atoms with Gasteiger partial charge >= 0.3 is 0 Å². The van der Waals surface area contributed by atoms with Gasteiger partial charge in [-0.15, -0.1) is 0 Å². The number of hydrogen-bond acceptors (Lipinski definition) is 5. The number of nitrogens with one attached hydrogen (secondary N) is 1. The zero-order valence-electron chi connectivity index (χ0n) is 15.0. The molecule has 0 spiro atoms. The zero-order chi connectivity index (χ0) is 21.2. The molecule has 2 N–H and O–H groups in total. The van der Waals surface area contributed by atoms with Gasteiger partial charge in [0.05, 0.1) is 4.90 Å². The lowest BCUT2D eigenvalue weighted by Gasteiger charge is -2.39. The maximum absolute atomic E-state index is 13.1. The second-order valence-electron chi connectivity index (χ2n) is 6.32. The van der Waals surface area contributed by atoms with Gasteiger partial charge < -0.3 is 4.90 Å². The lowest BCUT2D eigenvalue weighted by atomic mass is 10.1. The molecular formula is C18H17BrFN3O5S. The predicted molar refractivity (Wildman–Crippen MR) is 104 cm³/mol. The van der Waals surface area contributed by atoms with Gasteiger partial charge in [-0.1, -0.05) is 15.9 Å². The summed E-state index contributed by atoms with van der Waals surface area (Å²) >= 11 is 3.23. The number of rotatable bonds is 4. The summed E-state index contributed by atoms with van der Waals surface area (Å²) in [5.74, 6) is -1.92. The van der Waals surface area contributed by atoms with Crippen LogP contribution in [0.1, 0.15) is 10.4 Å². The molecule has 0 saturated carbocycles. The molecule has 2 aromatic rings. The van der Waals surface area contributed by atoms with E-state index in [9.17, 15) is 22.4 Å². The van der Waals surface area contributed by atoms with Crippen LogP contribution < -0.4 is 5.48 Å². The second kappa shape index (κ2) is 8.57. The van der Waals surface area contributed by atoms with Gasteiger partial charge in [0, 0.05) is 29.7 Å². The molecule has 1 aliphatic rings. The van der Waals surface area contributed by atoms with Gasteiger partial charge in [-0.25, -0.2) is 18.3 Å². The number of hydroxylamine groups is 1. The molecule has 29 heavy (non-hydrogen) atoms. The molecule has 1 fully saturated rings. The van der Waals surface area contributed by atoms with E-state index in [0.717, 1.165) is 16.4 Å². The topological polar surface area (TPSA) is 107 Å². The summed E-state index contributed by atoms with van der Waals surface area (Å²) in [4.78, 5) is 26.1. The number of benzene rings is 2. The van der Waals surface area contributed by atoms with Gasteiger partial charge in [0.25, 0.3) is 11.8 Å². The Balaban J connectivity index is 1.87. The molecule has 154 valence electrons. The third kappa shape index (κ3) is 4.47. The lowest BCUT2D eigenvalue weighted by Crippen LogP contribution is -2.61. The Hall–Kier alpha value is -2.34. The summed E-state index contributed by atoms with van der Waals surface area (Å²) < 4.78 is 40.8. The number of carbonyl (C=O) groups is 2. The van der Waals surface area contributed by atoms with Crippen LogP contribution in [0.5, 0.6) is 0 Å². The fraction of sp³-hybridized carbons (Fsp3) is 0.222. The van der Waals surface area contributed by atoms with Crippen molar-refractivity contribution >= 4 is 37.8 Å².